The van der Waals surface area contributed by atoms with Gasteiger partial charge in [0.2, 0.25) is 5.91 Å². The largest absolute Gasteiger partial charge is 0.417 e. The van der Waals surface area contributed by atoms with Gasteiger partial charge in [0.25, 0.3) is 0 Å². The fourth-order valence-electron chi connectivity index (χ4n) is 1.90. The maximum Gasteiger partial charge on any atom is 0.417 e. The third-order valence-corrected chi connectivity index (χ3v) is 2.97. The van der Waals surface area contributed by atoms with Crippen LogP contribution < -0.4 is 5.73 Å². The van der Waals surface area contributed by atoms with Crippen LogP contribution >= 0.6 is 0 Å². The van der Waals surface area contributed by atoms with E-state index in [4.69, 9.17) is 5.73 Å². The van der Waals surface area contributed by atoms with Crippen LogP contribution in [0.5, 0.6) is 0 Å². The van der Waals surface area contributed by atoms with Crippen LogP contribution in [0.3, 0.4) is 0 Å². The first kappa shape index (κ1) is 14.1. The molecule has 0 aliphatic carbocycles. The fraction of sp³-hybridized carbons (Fsp3) is 0.231. The Labute approximate surface area is 113 Å². The molecular weight excluding hydrogens is 271 g/mol. The van der Waals surface area contributed by atoms with E-state index in [9.17, 15) is 18.0 Å². The lowest BCUT2D eigenvalue weighted by atomic mass is 10.1. The normalized spacial score (nSPS) is 13.2. The number of hydrogen-bond donors (Lipinski definition) is 1. The van der Waals surface area contributed by atoms with Crippen LogP contribution in [0, 0.1) is 0 Å². The summed E-state index contributed by atoms with van der Waals surface area (Å²) in [6, 6.07) is 4.29. The van der Waals surface area contributed by atoms with Crippen molar-refractivity contribution in [1.29, 1.82) is 0 Å². The summed E-state index contributed by atoms with van der Waals surface area (Å²) in [5.74, 6) is -0.585. The van der Waals surface area contributed by atoms with E-state index in [1.165, 1.54) is 42.1 Å². The molecule has 0 radical (unpaired) electrons. The SMILES string of the molecule is CC(C(N)=O)n1ccnc1-c1ccccc1C(F)(F)F. The number of carbonyl (C=O) groups is 1. The maximum atomic E-state index is 13.0. The standard InChI is InChI=1S/C13H12F3N3O/c1-8(11(17)20)19-7-6-18-12(19)9-4-2-3-5-10(9)13(14,15)16/h2-8H,1H3,(H2,17,20). The summed E-state index contributed by atoms with van der Waals surface area (Å²) in [5, 5.41) is 0. The second-order valence-corrected chi connectivity index (χ2v) is 4.28. The van der Waals surface area contributed by atoms with Crippen LogP contribution in [0.1, 0.15) is 18.5 Å². The van der Waals surface area contributed by atoms with E-state index in [1.54, 1.807) is 0 Å². The van der Waals surface area contributed by atoms with Crippen molar-refractivity contribution < 1.29 is 18.0 Å². The minimum atomic E-state index is -4.50. The number of imidazole rings is 1. The average molecular weight is 283 g/mol. The van der Waals surface area contributed by atoms with Crippen LogP contribution in [0.4, 0.5) is 13.2 Å². The zero-order valence-corrected chi connectivity index (χ0v) is 10.6. The lowest BCUT2D eigenvalue weighted by Crippen LogP contribution is -2.24. The molecule has 1 aromatic heterocycles. The van der Waals surface area contributed by atoms with Crippen molar-refractivity contribution in [2.75, 3.05) is 0 Å². The molecule has 20 heavy (non-hydrogen) atoms. The summed E-state index contributed by atoms with van der Waals surface area (Å²) in [4.78, 5) is 15.1. The van der Waals surface area contributed by atoms with Gasteiger partial charge in [-0.2, -0.15) is 13.2 Å². The number of rotatable bonds is 3. The number of benzene rings is 1. The van der Waals surface area contributed by atoms with Crippen molar-refractivity contribution in [3.63, 3.8) is 0 Å². The average Bonchev–Trinajstić information content (AvgIpc) is 2.85. The van der Waals surface area contributed by atoms with Gasteiger partial charge in [0.05, 0.1) is 5.56 Å². The Morgan fingerprint density at radius 3 is 2.60 bits per heavy atom. The lowest BCUT2D eigenvalue weighted by molar-refractivity contribution is -0.137. The number of hydrogen-bond acceptors (Lipinski definition) is 2. The number of primary amides is 1. The highest BCUT2D eigenvalue weighted by Gasteiger charge is 2.34. The zero-order chi connectivity index (χ0) is 14.9. The summed E-state index contributed by atoms with van der Waals surface area (Å²) in [7, 11) is 0. The topological polar surface area (TPSA) is 60.9 Å². The fourth-order valence-corrected chi connectivity index (χ4v) is 1.90. The third kappa shape index (κ3) is 2.52. The molecule has 7 heteroatoms. The van der Waals surface area contributed by atoms with Gasteiger partial charge in [-0.25, -0.2) is 4.98 Å². The van der Waals surface area contributed by atoms with Crippen molar-refractivity contribution in [1.82, 2.24) is 9.55 Å². The summed E-state index contributed by atoms with van der Waals surface area (Å²) in [5.41, 5.74) is 4.30. The van der Waals surface area contributed by atoms with Crippen LogP contribution in [0.15, 0.2) is 36.7 Å². The third-order valence-electron chi connectivity index (χ3n) is 2.97. The highest BCUT2D eigenvalue weighted by atomic mass is 19.4. The monoisotopic (exact) mass is 283 g/mol. The van der Waals surface area contributed by atoms with Gasteiger partial charge < -0.3 is 10.3 Å². The first-order valence-corrected chi connectivity index (χ1v) is 5.81. The highest BCUT2D eigenvalue weighted by molar-refractivity contribution is 5.79. The van der Waals surface area contributed by atoms with Crippen LogP contribution in [-0.4, -0.2) is 15.5 Å². The molecule has 0 fully saturated rings. The van der Waals surface area contributed by atoms with Gasteiger partial charge in [0, 0.05) is 18.0 Å². The predicted octanol–water partition coefficient (Wildman–Crippen LogP) is 2.62. The Hall–Kier alpha value is -2.31. The first-order valence-electron chi connectivity index (χ1n) is 5.81. The minimum absolute atomic E-state index is 0.0595. The van der Waals surface area contributed by atoms with Crippen molar-refractivity contribution in [3.8, 4) is 11.4 Å². The summed E-state index contributed by atoms with van der Waals surface area (Å²) in [6.07, 6.45) is -1.73. The molecular formula is C13H12F3N3O. The van der Waals surface area contributed by atoms with E-state index in [2.05, 4.69) is 4.98 Å². The van der Waals surface area contributed by atoms with Crippen molar-refractivity contribution in [3.05, 3.63) is 42.2 Å². The molecule has 1 amide bonds. The molecule has 1 atom stereocenters. The molecule has 0 aliphatic rings. The molecule has 1 unspecified atom stereocenters. The van der Waals surface area contributed by atoms with Crippen molar-refractivity contribution in [2.45, 2.75) is 19.1 Å². The molecule has 1 heterocycles. The Morgan fingerprint density at radius 1 is 1.35 bits per heavy atom. The minimum Gasteiger partial charge on any atom is -0.368 e. The molecule has 0 saturated heterocycles. The molecule has 0 saturated carbocycles. The Balaban J connectivity index is 2.60. The zero-order valence-electron chi connectivity index (χ0n) is 10.6. The molecule has 2 N–H and O–H groups in total. The Bertz CT molecular complexity index is 634. The molecule has 2 aromatic rings. The van der Waals surface area contributed by atoms with Crippen LogP contribution in [0.2, 0.25) is 0 Å². The molecule has 0 bridgehead atoms. The lowest BCUT2D eigenvalue weighted by Gasteiger charge is -2.16. The van der Waals surface area contributed by atoms with Gasteiger partial charge in [-0.1, -0.05) is 18.2 Å². The van der Waals surface area contributed by atoms with Crippen LogP contribution in [0.25, 0.3) is 11.4 Å². The molecule has 2 rings (SSSR count). The number of nitrogens with two attached hydrogens (primary N) is 1. The van der Waals surface area contributed by atoms with E-state index in [0.717, 1.165) is 6.07 Å². The molecule has 4 nitrogen and oxygen atoms in total. The summed E-state index contributed by atoms with van der Waals surface area (Å²) >= 11 is 0. The van der Waals surface area contributed by atoms with E-state index < -0.39 is 23.7 Å². The molecule has 0 spiro atoms. The Morgan fingerprint density at radius 2 is 2.00 bits per heavy atom. The highest BCUT2D eigenvalue weighted by Crippen LogP contribution is 2.36. The van der Waals surface area contributed by atoms with Gasteiger partial charge in [0.15, 0.2) is 0 Å². The van der Waals surface area contributed by atoms with Crippen LogP contribution in [-0.2, 0) is 11.0 Å². The first-order chi connectivity index (χ1) is 9.32. The van der Waals surface area contributed by atoms with E-state index >= 15 is 0 Å². The smallest absolute Gasteiger partial charge is 0.368 e. The van der Waals surface area contributed by atoms with Crippen molar-refractivity contribution >= 4 is 5.91 Å². The maximum absolute atomic E-state index is 13.0. The summed E-state index contributed by atoms with van der Waals surface area (Å²) < 4.78 is 40.3. The number of alkyl halides is 3. The van der Waals surface area contributed by atoms with E-state index in [1.807, 2.05) is 0 Å². The number of amides is 1. The van der Waals surface area contributed by atoms with Gasteiger partial charge in [0.1, 0.15) is 11.9 Å². The van der Waals surface area contributed by atoms with Gasteiger partial charge >= 0.3 is 6.18 Å². The van der Waals surface area contributed by atoms with E-state index in [-0.39, 0.29) is 11.4 Å². The van der Waals surface area contributed by atoms with Gasteiger partial charge in [-0.05, 0) is 13.0 Å². The second-order valence-electron chi connectivity index (χ2n) is 4.28. The number of carbonyl (C=O) groups excluding carboxylic acids is 1. The second kappa shape index (κ2) is 4.99. The van der Waals surface area contributed by atoms with E-state index in [0.29, 0.717) is 0 Å². The molecule has 106 valence electrons. The number of aromatic nitrogens is 2. The molecule has 0 aliphatic heterocycles. The summed E-state index contributed by atoms with van der Waals surface area (Å²) in [6.45, 7) is 1.50. The van der Waals surface area contributed by atoms with Gasteiger partial charge in [-0.15, -0.1) is 0 Å². The molecule has 1 aromatic carbocycles. The van der Waals surface area contributed by atoms with Crippen molar-refractivity contribution in [2.24, 2.45) is 5.73 Å². The van der Waals surface area contributed by atoms with Gasteiger partial charge in [-0.3, -0.25) is 4.79 Å². The predicted molar refractivity (Wildman–Crippen MR) is 66.6 cm³/mol. The Kier molecular flexibility index (Phi) is 3.52. The number of halogens is 3. The number of nitrogens with zero attached hydrogens (tertiary/aromatic N) is 2. The quantitative estimate of drug-likeness (QED) is 0.941.